The van der Waals surface area contributed by atoms with Crippen LogP contribution in [0.3, 0.4) is 0 Å². The zero-order chi connectivity index (χ0) is 26.7. The summed E-state index contributed by atoms with van der Waals surface area (Å²) in [6.07, 6.45) is 14.2. The van der Waals surface area contributed by atoms with E-state index in [0.29, 0.717) is 18.8 Å². The molecular formula is C31H48O4S. The lowest BCUT2D eigenvalue weighted by molar-refractivity contribution is 0.0862. The van der Waals surface area contributed by atoms with E-state index in [9.17, 15) is 18.6 Å². The first kappa shape index (κ1) is 27.9. The van der Waals surface area contributed by atoms with E-state index in [1.54, 1.807) is 0 Å². The topological polar surface area (TPSA) is 74.6 Å². The maximum Gasteiger partial charge on any atom is 0.160 e. The van der Waals surface area contributed by atoms with Gasteiger partial charge in [0.25, 0.3) is 0 Å². The van der Waals surface area contributed by atoms with Gasteiger partial charge in [-0.3, -0.25) is 0 Å². The molecule has 0 amide bonds. The van der Waals surface area contributed by atoms with E-state index < -0.39 is 31.5 Å². The Bertz CT molecular complexity index is 1090. The van der Waals surface area contributed by atoms with E-state index in [-0.39, 0.29) is 10.8 Å². The molecule has 4 rings (SSSR count). The lowest BCUT2D eigenvalue weighted by atomic mass is 9.59. The van der Waals surface area contributed by atoms with Crippen LogP contribution in [0.5, 0.6) is 0 Å². The fraction of sp³-hybridized carbons (Fsp3) is 0.742. The molecule has 0 radical (unpaired) electrons. The minimum Gasteiger partial charge on any atom is -0.393 e. The van der Waals surface area contributed by atoms with Gasteiger partial charge in [-0.05, 0) is 106 Å². The number of aliphatic hydroxyl groups excluding tert-OH is 2. The summed E-state index contributed by atoms with van der Waals surface area (Å²) in [5.41, 5.74) is 4.71. The number of hydrogen-bond donors (Lipinski definition) is 2. The van der Waals surface area contributed by atoms with Crippen molar-refractivity contribution < 1.29 is 18.6 Å². The summed E-state index contributed by atoms with van der Waals surface area (Å²) in [7, 11) is -3.17. The molecule has 0 aliphatic heterocycles. The second kappa shape index (κ2) is 9.24. The van der Waals surface area contributed by atoms with Gasteiger partial charge >= 0.3 is 0 Å². The molecule has 4 aliphatic carbocycles. The highest BCUT2D eigenvalue weighted by molar-refractivity contribution is 7.94. The van der Waals surface area contributed by atoms with Crippen molar-refractivity contribution in [1.82, 2.24) is 0 Å². The molecule has 4 aliphatic rings. The fourth-order valence-electron chi connectivity index (χ4n) is 7.45. The van der Waals surface area contributed by atoms with E-state index in [2.05, 4.69) is 45.6 Å². The van der Waals surface area contributed by atoms with Gasteiger partial charge in [0.2, 0.25) is 0 Å². The average molecular weight is 517 g/mol. The smallest absolute Gasteiger partial charge is 0.160 e. The predicted molar refractivity (Wildman–Crippen MR) is 148 cm³/mol. The lowest BCUT2D eigenvalue weighted by Gasteiger charge is -2.46. The van der Waals surface area contributed by atoms with Gasteiger partial charge in [-0.1, -0.05) is 56.7 Å². The second-order valence-corrected chi connectivity index (χ2v) is 17.0. The number of aliphatic hydroxyl groups is 2. The zero-order valence-corrected chi connectivity index (χ0v) is 24.2. The third kappa shape index (κ3) is 4.73. The molecule has 4 atom stereocenters. The normalized spacial score (nSPS) is 35.2. The predicted octanol–water partition coefficient (Wildman–Crippen LogP) is 6.60. The van der Waals surface area contributed by atoms with Crippen LogP contribution < -0.4 is 0 Å². The van der Waals surface area contributed by atoms with E-state index >= 15 is 0 Å². The fourth-order valence-corrected chi connectivity index (χ4v) is 9.76. The van der Waals surface area contributed by atoms with Gasteiger partial charge in [-0.15, -0.1) is 0 Å². The highest BCUT2D eigenvalue weighted by atomic mass is 32.2. The SMILES string of the molecule is C=C1/C(=C\C=C2/CCC[C@]3(C)C(C(C)(C)CCC4(S(=O)(=O)C(C)(C)C)CC4)=CCC23)C[C@@H](O)C[C@@H]1O. The molecule has 36 heavy (non-hydrogen) atoms. The molecule has 0 spiro atoms. The molecule has 202 valence electrons. The van der Waals surface area contributed by atoms with Gasteiger partial charge in [0.15, 0.2) is 9.84 Å². The Labute approximate surface area is 219 Å². The average Bonchev–Trinajstić information content (AvgIpc) is 3.48. The van der Waals surface area contributed by atoms with Gasteiger partial charge < -0.3 is 10.2 Å². The summed E-state index contributed by atoms with van der Waals surface area (Å²) in [6, 6.07) is 0. The quantitative estimate of drug-likeness (QED) is 0.390. The van der Waals surface area contributed by atoms with Crippen molar-refractivity contribution in [2.24, 2.45) is 16.7 Å². The Kier molecular flexibility index (Phi) is 7.15. The Morgan fingerprint density at radius 2 is 1.78 bits per heavy atom. The molecule has 0 heterocycles. The van der Waals surface area contributed by atoms with Crippen molar-refractivity contribution in [3.05, 3.63) is 47.1 Å². The monoisotopic (exact) mass is 516 g/mol. The molecule has 0 saturated heterocycles. The lowest BCUT2D eigenvalue weighted by Crippen LogP contribution is -2.40. The highest BCUT2D eigenvalue weighted by Crippen LogP contribution is 2.61. The van der Waals surface area contributed by atoms with Gasteiger partial charge in [0.1, 0.15) is 0 Å². The van der Waals surface area contributed by atoms with Crippen LogP contribution in [0, 0.1) is 16.7 Å². The van der Waals surface area contributed by atoms with Crippen LogP contribution in [0.1, 0.15) is 106 Å². The number of allylic oxidation sites excluding steroid dienone is 5. The Morgan fingerprint density at radius 1 is 1.11 bits per heavy atom. The molecule has 3 fully saturated rings. The van der Waals surface area contributed by atoms with Crippen molar-refractivity contribution in [2.75, 3.05) is 0 Å². The van der Waals surface area contributed by atoms with E-state index in [0.717, 1.165) is 62.5 Å². The molecule has 4 nitrogen and oxygen atoms in total. The number of fused-ring (bicyclic) bond motifs is 1. The second-order valence-electron chi connectivity index (χ2n) is 13.9. The Morgan fingerprint density at radius 3 is 2.39 bits per heavy atom. The van der Waals surface area contributed by atoms with Gasteiger partial charge in [0.05, 0.1) is 21.7 Å². The molecular weight excluding hydrogens is 468 g/mol. The molecule has 0 aromatic carbocycles. The maximum atomic E-state index is 13.3. The summed E-state index contributed by atoms with van der Waals surface area (Å²) in [6.45, 7) is 16.7. The third-order valence-corrected chi connectivity index (χ3v) is 13.3. The van der Waals surface area contributed by atoms with Crippen LogP contribution >= 0.6 is 0 Å². The summed E-state index contributed by atoms with van der Waals surface area (Å²) < 4.78 is 25.4. The zero-order valence-electron chi connectivity index (χ0n) is 23.4. The van der Waals surface area contributed by atoms with Crippen LogP contribution in [-0.2, 0) is 9.84 Å². The molecule has 5 heteroatoms. The van der Waals surface area contributed by atoms with Gasteiger partial charge in [-0.2, -0.15) is 0 Å². The number of hydrogen-bond acceptors (Lipinski definition) is 4. The molecule has 1 unspecified atom stereocenters. The van der Waals surface area contributed by atoms with Crippen molar-refractivity contribution in [3.8, 4) is 0 Å². The molecule has 2 N–H and O–H groups in total. The van der Waals surface area contributed by atoms with Crippen molar-refractivity contribution in [2.45, 2.75) is 127 Å². The Balaban J connectivity index is 1.51. The first-order chi connectivity index (χ1) is 16.5. The molecule has 0 aromatic heterocycles. The van der Waals surface area contributed by atoms with Gasteiger partial charge in [0, 0.05) is 6.42 Å². The van der Waals surface area contributed by atoms with Crippen LogP contribution in [0.2, 0.25) is 0 Å². The molecule has 3 saturated carbocycles. The van der Waals surface area contributed by atoms with Crippen molar-refractivity contribution in [3.63, 3.8) is 0 Å². The van der Waals surface area contributed by atoms with Crippen LogP contribution in [0.15, 0.2) is 47.1 Å². The first-order valence-electron chi connectivity index (χ1n) is 13.9. The largest absolute Gasteiger partial charge is 0.393 e. The minimum atomic E-state index is -3.17. The summed E-state index contributed by atoms with van der Waals surface area (Å²) >= 11 is 0. The maximum absolute atomic E-state index is 13.3. The molecule has 0 bridgehead atoms. The van der Waals surface area contributed by atoms with E-state index in [1.165, 1.54) is 11.1 Å². The summed E-state index contributed by atoms with van der Waals surface area (Å²) in [4.78, 5) is 0. The Hall–Kier alpha value is -1.17. The van der Waals surface area contributed by atoms with Crippen LogP contribution in [0.4, 0.5) is 0 Å². The summed E-state index contributed by atoms with van der Waals surface area (Å²) in [5.74, 6) is 0.456. The highest BCUT2D eigenvalue weighted by Gasteiger charge is 2.59. The first-order valence-corrected chi connectivity index (χ1v) is 15.4. The minimum absolute atomic E-state index is 0.0424. The third-order valence-electron chi connectivity index (χ3n) is 9.93. The standard InChI is InChI=1S/C31H48O4S/c1-21-23(19-24(32)20-26(21)33)11-10-22-9-8-14-30(7)25(22)12-13-27(30)29(5,6)15-16-31(17-18-31)36(34,35)28(2,3)4/h10-11,13,24-26,32-33H,1,8-9,12,14-20H2,2-7H3/b22-10+,23-11-/t24-,25?,26+,30+/m1/s1. The van der Waals surface area contributed by atoms with Crippen LogP contribution in [0.25, 0.3) is 0 Å². The van der Waals surface area contributed by atoms with E-state index in [1.807, 2.05) is 20.8 Å². The van der Waals surface area contributed by atoms with E-state index in [4.69, 9.17) is 0 Å². The number of sulfone groups is 1. The van der Waals surface area contributed by atoms with Crippen molar-refractivity contribution >= 4 is 9.84 Å². The molecule has 0 aromatic rings. The van der Waals surface area contributed by atoms with Gasteiger partial charge in [-0.25, -0.2) is 8.42 Å². The van der Waals surface area contributed by atoms with Crippen LogP contribution in [-0.4, -0.2) is 40.3 Å². The summed E-state index contributed by atoms with van der Waals surface area (Å²) in [5, 5.41) is 20.3. The van der Waals surface area contributed by atoms with Crippen molar-refractivity contribution in [1.29, 1.82) is 0 Å². The number of rotatable bonds is 6.